The van der Waals surface area contributed by atoms with Gasteiger partial charge < -0.3 is 4.74 Å². The topological polar surface area (TPSA) is 45.7 Å². The summed E-state index contributed by atoms with van der Waals surface area (Å²) < 4.78 is 20.6. The predicted molar refractivity (Wildman–Crippen MR) is 125 cm³/mol. The van der Waals surface area contributed by atoms with Gasteiger partial charge in [0.05, 0.1) is 23.4 Å². The van der Waals surface area contributed by atoms with Crippen LogP contribution in [0, 0.1) is 5.82 Å². The first-order chi connectivity index (χ1) is 14.1. The summed E-state index contributed by atoms with van der Waals surface area (Å²) in [5.41, 5.74) is 1.30. The predicted octanol–water partition coefficient (Wildman–Crippen LogP) is 4.99. The summed E-state index contributed by atoms with van der Waals surface area (Å²) in [6.45, 7) is 4.79. The van der Waals surface area contributed by atoms with Crippen LogP contribution in [-0.4, -0.2) is 55.2 Å². The summed E-state index contributed by atoms with van der Waals surface area (Å²) in [5, 5.41) is 0.598. The van der Waals surface area contributed by atoms with Gasteiger partial charge in [-0.2, -0.15) is 0 Å². The SMILES string of the molecule is Cl.O=C(c1ccc(Br)cc1)N(CCCN1CCOCC1)c1nc2ccc(F)cc2s1. The molecular formula is C21H22BrClFN3O2S. The Morgan fingerprint density at radius 2 is 1.93 bits per heavy atom. The van der Waals surface area contributed by atoms with Crippen LogP contribution in [0.15, 0.2) is 46.9 Å². The number of fused-ring (bicyclic) bond motifs is 1. The Labute approximate surface area is 193 Å². The molecule has 1 aromatic heterocycles. The minimum absolute atomic E-state index is 0. The Kier molecular flexibility index (Phi) is 8.19. The second-order valence-electron chi connectivity index (χ2n) is 6.88. The molecule has 1 aliphatic heterocycles. The van der Waals surface area contributed by atoms with E-state index in [1.165, 1.54) is 23.5 Å². The molecule has 1 amide bonds. The molecule has 30 heavy (non-hydrogen) atoms. The summed E-state index contributed by atoms with van der Waals surface area (Å²) >= 11 is 4.75. The number of hydrogen-bond donors (Lipinski definition) is 0. The molecule has 1 aliphatic rings. The van der Waals surface area contributed by atoms with Gasteiger partial charge in [0, 0.05) is 36.2 Å². The first-order valence-electron chi connectivity index (χ1n) is 9.54. The third-order valence-corrected chi connectivity index (χ3v) is 6.44. The van der Waals surface area contributed by atoms with E-state index in [4.69, 9.17) is 4.74 Å². The van der Waals surface area contributed by atoms with E-state index in [2.05, 4.69) is 25.8 Å². The third-order valence-electron chi connectivity index (χ3n) is 4.87. The summed E-state index contributed by atoms with van der Waals surface area (Å²) in [5.74, 6) is -0.398. The van der Waals surface area contributed by atoms with E-state index in [9.17, 15) is 9.18 Å². The fraction of sp³-hybridized carbons (Fsp3) is 0.333. The zero-order valence-corrected chi connectivity index (χ0v) is 19.4. The zero-order valence-electron chi connectivity index (χ0n) is 16.2. The summed E-state index contributed by atoms with van der Waals surface area (Å²) in [4.78, 5) is 21.9. The average Bonchev–Trinajstić information content (AvgIpc) is 3.15. The van der Waals surface area contributed by atoms with Crippen LogP contribution in [0.5, 0.6) is 0 Å². The molecule has 2 aromatic carbocycles. The number of nitrogens with zero attached hydrogens (tertiary/aromatic N) is 3. The quantitative estimate of drug-likeness (QED) is 0.465. The van der Waals surface area contributed by atoms with Gasteiger partial charge in [-0.1, -0.05) is 27.3 Å². The summed E-state index contributed by atoms with van der Waals surface area (Å²) in [6, 6.07) is 11.8. The van der Waals surface area contributed by atoms with Crippen molar-refractivity contribution in [2.24, 2.45) is 0 Å². The standard InChI is InChI=1S/C21H21BrFN3O2S.ClH/c22-16-4-2-15(3-5-16)20(27)26(9-1-8-25-10-12-28-13-11-25)21-24-18-7-6-17(23)14-19(18)29-21;/h2-7,14H,1,8-13H2;1H. The van der Waals surface area contributed by atoms with Crippen molar-refractivity contribution >= 4 is 60.9 Å². The highest BCUT2D eigenvalue weighted by Crippen LogP contribution is 2.30. The molecule has 2 heterocycles. The molecule has 0 spiro atoms. The number of carbonyl (C=O) groups is 1. The molecule has 0 bridgehead atoms. The van der Waals surface area contributed by atoms with Crippen LogP contribution in [0.3, 0.4) is 0 Å². The van der Waals surface area contributed by atoms with Crippen molar-refractivity contribution in [2.75, 3.05) is 44.3 Å². The molecule has 0 unspecified atom stereocenters. The average molecular weight is 515 g/mol. The molecule has 9 heteroatoms. The second kappa shape index (κ2) is 10.6. The monoisotopic (exact) mass is 513 g/mol. The summed E-state index contributed by atoms with van der Waals surface area (Å²) in [6.07, 6.45) is 0.826. The fourth-order valence-electron chi connectivity index (χ4n) is 3.31. The van der Waals surface area contributed by atoms with E-state index in [1.807, 2.05) is 12.1 Å². The Bertz CT molecular complexity index is 996. The second-order valence-corrected chi connectivity index (χ2v) is 8.80. The Balaban J connectivity index is 0.00000256. The number of amides is 1. The Hall–Kier alpha value is -1.58. The molecule has 0 aliphatic carbocycles. The maximum Gasteiger partial charge on any atom is 0.260 e. The van der Waals surface area contributed by atoms with E-state index < -0.39 is 0 Å². The van der Waals surface area contributed by atoms with Crippen molar-refractivity contribution in [1.29, 1.82) is 0 Å². The van der Waals surface area contributed by atoms with Gasteiger partial charge in [0.1, 0.15) is 5.82 Å². The van der Waals surface area contributed by atoms with E-state index in [0.29, 0.717) is 22.8 Å². The maximum atomic E-state index is 13.6. The van der Waals surface area contributed by atoms with Crippen LogP contribution in [-0.2, 0) is 4.74 Å². The van der Waals surface area contributed by atoms with Crippen LogP contribution < -0.4 is 4.90 Å². The van der Waals surface area contributed by atoms with Crippen molar-refractivity contribution in [2.45, 2.75) is 6.42 Å². The first-order valence-corrected chi connectivity index (χ1v) is 11.1. The molecule has 1 saturated heterocycles. The lowest BCUT2D eigenvalue weighted by Crippen LogP contribution is -2.39. The lowest BCUT2D eigenvalue weighted by atomic mass is 10.2. The number of halogens is 3. The highest BCUT2D eigenvalue weighted by molar-refractivity contribution is 9.10. The zero-order chi connectivity index (χ0) is 20.2. The smallest absolute Gasteiger partial charge is 0.260 e. The molecule has 1 fully saturated rings. The van der Waals surface area contributed by atoms with Crippen LogP contribution in [0.1, 0.15) is 16.8 Å². The van der Waals surface area contributed by atoms with Gasteiger partial charge in [0.2, 0.25) is 0 Å². The number of anilines is 1. The lowest BCUT2D eigenvalue weighted by molar-refractivity contribution is 0.0376. The number of ether oxygens (including phenoxy) is 1. The number of rotatable bonds is 6. The highest BCUT2D eigenvalue weighted by atomic mass is 79.9. The van der Waals surface area contributed by atoms with Gasteiger partial charge in [-0.15, -0.1) is 12.4 Å². The van der Waals surface area contributed by atoms with Gasteiger partial charge in [-0.25, -0.2) is 9.37 Å². The number of morpholine rings is 1. The minimum Gasteiger partial charge on any atom is -0.379 e. The molecule has 5 nitrogen and oxygen atoms in total. The van der Waals surface area contributed by atoms with Crippen molar-refractivity contribution in [1.82, 2.24) is 9.88 Å². The van der Waals surface area contributed by atoms with Gasteiger partial charge in [0.15, 0.2) is 5.13 Å². The van der Waals surface area contributed by atoms with E-state index >= 15 is 0 Å². The molecule has 0 N–H and O–H groups in total. The maximum absolute atomic E-state index is 13.6. The van der Waals surface area contributed by atoms with Gasteiger partial charge in [-0.05, 0) is 48.9 Å². The highest BCUT2D eigenvalue weighted by Gasteiger charge is 2.22. The minimum atomic E-state index is -0.300. The van der Waals surface area contributed by atoms with Crippen LogP contribution in [0.4, 0.5) is 9.52 Å². The largest absolute Gasteiger partial charge is 0.379 e. The van der Waals surface area contributed by atoms with Crippen molar-refractivity contribution < 1.29 is 13.9 Å². The van der Waals surface area contributed by atoms with Crippen LogP contribution >= 0.6 is 39.7 Å². The molecule has 0 atom stereocenters. The number of thiazole rings is 1. The number of carbonyl (C=O) groups excluding carboxylic acids is 1. The van der Waals surface area contributed by atoms with Crippen molar-refractivity contribution in [3.05, 3.63) is 58.3 Å². The lowest BCUT2D eigenvalue weighted by Gasteiger charge is -2.27. The number of hydrogen-bond acceptors (Lipinski definition) is 5. The summed E-state index contributed by atoms with van der Waals surface area (Å²) in [7, 11) is 0. The van der Waals surface area contributed by atoms with Gasteiger partial charge >= 0.3 is 0 Å². The Morgan fingerprint density at radius 1 is 1.20 bits per heavy atom. The van der Waals surface area contributed by atoms with Crippen molar-refractivity contribution in [3.63, 3.8) is 0 Å². The van der Waals surface area contributed by atoms with Gasteiger partial charge in [0.25, 0.3) is 5.91 Å². The van der Waals surface area contributed by atoms with Crippen molar-refractivity contribution in [3.8, 4) is 0 Å². The molecular weight excluding hydrogens is 493 g/mol. The third kappa shape index (κ3) is 5.56. The molecule has 0 radical (unpaired) electrons. The molecule has 3 aromatic rings. The normalized spacial score (nSPS) is 14.5. The van der Waals surface area contributed by atoms with Crippen LogP contribution in [0.2, 0.25) is 0 Å². The number of benzene rings is 2. The van der Waals surface area contributed by atoms with Crippen LogP contribution in [0.25, 0.3) is 10.2 Å². The van der Waals surface area contributed by atoms with Gasteiger partial charge in [-0.3, -0.25) is 14.6 Å². The van der Waals surface area contributed by atoms with E-state index in [-0.39, 0.29) is 24.1 Å². The molecule has 160 valence electrons. The Morgan fingerprint density at radius 3 is 2.67 bits per heavy atom. The fourth-order valence-corrected chi connectivity index (χ4v) is 4.59. The van der Waals surface area contributed by atoms with E-state index in [0.717, 1.165) is 48.4 Å². The molecule has 0 saturated carbocycles. The first kappa shape index (κ1) is 23.1. The number of aromatic nitrogens is 1. The molecule has 4 rings (SSSR count). The van der Waals surface area contributed by atoms with E-state index in [1.54, 1.807) is 23.1 Å².